The first kappa shape index (κ1) is 19.1. The zero-order valence-electron chi connectivity index (χ0n) is 15.3. The van der Waals surface area contributed by atoms with Crippen LogP contribution in [0.1, 0.15) is 34.6 Å². The van der Waals surface area contributed by atoms with Crippen LogP contribution in [-0.4, -0.2) is 35.5 Å². The van der Waals surface area contributed by atoms with Crippen molar-refractivity contribution in [2.75, 3.05) is 11.9 Å². The van der Waals surface area contributed by atoms with E-state index in [4.69, 9.17) is 13.9 Å². The van der Waals surface area contributed by atoms with Crippen molar-refractivity contribution in [1.29, 1.82) is 0 Å². The predicted molar refractivity (Wildman–Crippen MR) is 99.9 cm³/mol. The lowest BCUT2D eigenvalue weighted by Gasteiger charge is -2.13. The number of rotatable bonds is 6. The number of ether oxygens (including phenoxy) is 2. The molecule has 28 heavy (non-hydrogen) atoms. The van der Waals surface area contributed by atoms with Gasteiger partial charge in [-0.05, 0) is 56.3 Å². The molecule has 0 saturated carbocycles. The molecule has 0 fully saturated rings. The Morgan fingerprint density at radius 1 is 1.07 bits per heavy atom. The molecule has 1 unspecified atom stereocenters. The molecule has 0 saturated heterocycles. The molecule has 0 radical (unpaired) electrons. The Morgan fingerprint density at radius 2 is 1.79 bits per heavy atom. The summed E-state index contributed by atoms with van der Waals surface area (Å²) in [7, 11) is 0. The van der Waals surface area contributed by atoms with Crippen LogP contribution >= 0.6 is 0 Å². The second-order valence-electron chi connectivity index (χ2n) is 5.87. The van der Waals surface area contributed by atoms with Gasteiger partial charge in [0, 0.05) is 5.69 Å². The van der Waals surface area contributed by atoms with E-state index in [2.05, 4.69) is 10.3 Å². The SMILES string of the molecule is CCOC(=O)c1ccc(NC(=O)C(C)OC(=O)c2ccc3ocnc3c2)cc1. The highest BCUT2D eigenvalue weighted by molar-refractivity contribution is 5.98. The minimum Gasteiger partial charge on any atom is -0.462 e. The molecular weight excluding hydrogens is 364 g/mol. The summed E-state index contributed by atoms with van der Waals surface area (Å²) in [6.07, 6.45) is 0.258. The van der Waals surface area contributed by atoms with E-state index in [9.17, 15) is 14.4 Å². The first-order valence-electron chi connectivity index (χ1n) is 8.60. The molecule has 0 bridgehead atoms. The molecule has 1 aromatic heterocycles. The van der Waals surface area contributed by atoms with Crippen molar-refractivity contribution in [1.82, 2.24) is 4.98 Å². The third-order valence-corrected chi connectivity index (χ3v) is 3.88. The number of hydrogen-bond donors (Lipinski definition) is 1. The minimum absolute atomic E-state index is 0.264. The van der Waals surface area contributed by atoms with Gasteiger partial charge >= 0.3 is 11.9 Å². The number of carbonyl (C=O) groups excluding carboxylic acids is 3. The average Bonchev–Trinajstić information content (AvgIpc) is 3.16. The summed E-state index contributed by atoms with van der Waals surface area (Å²) in [5.41, 5.74) is 2.18. The topological polar surface area (TPSA) is 108 Å². The molecule has 8 heteroatoms. The number of carbonyl (C=O) groups is 3. The molecule has 1 N–H and O–H groups in total. The molecule has 2 aromatic carbocycles. The van der Waals surface area contributed by atoms with Gasteiger partial charge in [-0.3, -0.25) is 4.79 Å². The van der Waals surface area contributed by atoms with E-state index in [0.29, 0.717) is 22.4 Å². The maximum absolute atomic E-state index is 12.3. The van der Waals surface area contributed by atoms with Crippen LogP contribution < -0.4 is 5.32 Å². The van der Waals surface area contributed by atoms with E-state index in [1.807, 2.05) is 0 Å². The van der Waals surface area contributed by atoms with Crippen LogP contribution in [0.5, 0.6) is 0 Å². The van der Waals surface area contributed by atoms with Crippen molar-refractivity contribution in [2.45, 2.75) is 20.0 Å². The lowest BCUT2D eigenvalue weighted by Crippen LogP contribution is -2.30. The predicted octanol–water partition coefficient (Wildman–Crippen LogP) is 3.19. The molecule has 1 amide bonds. The number of nitrogens with one attached hydrogen (secondary N) is 1. The van der Waals surface area contributed by atoms with E-state index < -0.39 is 23.9 Å². The van der Waals surface area contributed by atoms with Crippen molar-refractivity contribution in [3.05, 3.63) is 60.0 Å². The Balaban J connectivity index is 1.59. The molecule has 0 spiro atoms. The van der Waals surface area contributed by atoms with Gasteiger partial charge in [0.1, 0.15) is 5.52 Å². The Hall–Kier alpha value is -3.68. The fourth-order valence-electron chi connectivity index (χ4n) is 2.41. The van der Waals surface area contributed by atoms with Gasteiger partial charge in [0.2, 0.25) is 0 Å². The summed E-state index contributed by atoms with van der Waals surface area (Å²) in [4.78, 5) is 40.1. The van der Waals surface area contributed by atoms with Crippen LogP contribution in [0.3, 0.4) is 0 Å². The van der Waals surface area contributed by atoms with Gasteiger partial charge in [-0.2, -0.15) is 0 Å². The summed E-state index contributed by atoms with van der Waals surface area (Å²) in [5, 5.41) is 2.63. The third kappa shape index (κ3) is 4.35. The number of nitrogens with zero attached hydrogens (tertiary/aromatic N) is 1. The summed E-state index contributed by atoms with van der Waals surface area (Å²) < 4.78 is 15.2. The van der Waals surface area contributed by atoms with Gasteiger partial charge in [0.15, 0.2) is 18.1 Å². The second kappa shape index (κ2) is 8.34. The van der Waals surface area contributed by atoms with E-state index in [1.165, 1.54) is 37.6 Å². The monoisotopic (exact) mass is 382 g/mol. The molecule has 1 heterocycles. The van der Waals surface area contributed by atoms with E-state index in [0.717, 1.165) is 0 Å². The number of benzene rings is 2. The van der Waals surface area contributed by atoms with Gasteiger partial charge in [-0.25, -0.2) is 14.6 Å². The van der Waals surface area contributed by atoms with Crippen LogP contribution in [0.25, 0.3) is 11.1 Å². The maximum Gasteiger partial charge on any atom is 0.338 e. The summed E-state index contributed by atoms with van der Waals surface area (Å²) in [6, 6.07) is 10.9. The normalized spacial score (nSPS) is 11.6. The fourth-order valence-corrected chi connectivity index (χ4v) is 2.41. The number of anilines is 1. The van der Waals surface area contributed by atoms with Gasteiger partial charge < -0.3 is 19.2 Å². The van der Waals surface area contributed by atoms with E-state index in [-0.39, 0.29) is 12.2 Å². The van der Waals surface area contributed by atoms with Crippen LogP contribution in [-0.2, 0) is 14.3 Å². The van der Waals surface area contributed by atoms with E-state index in [1.54, 1.807) is 25.1 Å². The largest absolute Gasteiger partial charge is 0.462 e. The smallest absolute Gasteiger partial charge is 0.338 e. The Kier molecular flexibility index (Phi) is 5.69. The first-order chi connectivity index (χ1) is 13.5. The molecule has 3 rings (SSSR count). The van der Waals surface area contributed by atoms with Gasteiger partial charge in [-0.1, -0.05) is 0 Å². The second-order valence-corrected chi connectivity index (χ2v) is 5.87. The van der Waals surface area contributed by atoms with Crippen molar-refractivity contribution >= 4 is 34.6 Å². The molecular formula is C20H18N2O6. The van der Waals surface area contributed by atoms with Crippen molar-refractivity contribution in [3.8, 4) is 0 Å². The van der Waals surface area contributed by atoms with Crippen LogP contribution in [0.4, 0.5) is 5.69 Å². The van der Waals surface area contributed by atoms with Crippen molar-refractivity contribution in [3.63, 3.8) is 0 Å². The van der Waals surface area contributed by atoms with Crippen LogP contribution in [0.2, 0.25) is 0 Å². The Bertz CT molecular complexity index is 1010. The molecule has 8 nitrogen and oxygen atoms in total. The number of amides is 1. The average molecular weight is 382 g/mol. The summed E-state index contributed by atoms with van der Waals surface area (Å²) >= 11 is 0. The van der Waals surface area contributed by atoms with Gasteiger partial charge in [0.05, 0.1) is 17.7 Å². The highest BCUT2D eigenvalue weighted by Crippen LogP contribution is 2.16. The molecule has 1 atom stereocenters. The summed E-state index contributed by atoms with van der Waals surface area (Å²) in [5.74, 6) is -1.59. The zero-order chi connectivity index (χ0) is 20.1. The Morgan fingerprint density at radius 3 is 2.50 bits per heavy atom. The highest BCUT2D eigenvalue weighted by Gasteiger charge is 2.20. The lowest BCUT2D eigenvalue weighted by atomic mass is 10.2. The summed E-state index contributed by atoms with van der Waals surface area (Å²) in [6.45, 7) is 3.47. The molecule has 0 aliphatic carbocycles. The van der Waals surface area contributed by atoms with Crippen LogP contribution in [0, 0.1) is 0 Å². The Labute approximate surface area is 160 Å². The molecule has 144 valence electrons. The van der Waals surface area contributed by atoms with Crippen molar-refractivity contribution < 1.29 is 28.3 Å². The zero-order valence-corrected chi connectivity index (χ0v) is 15.3. The highest BCUT2D eigenvalue weighted by atomic mass is 16.5. The van der Waals surface area contributed by atoms with E-state index >= 15 is 0 Å². The number of oxazole rings is 1. The van der Waals surface area contributed by atoms with Crippen LogP contribution in [0.15, 0.2) is 53.3 Å². The first-order valence-corrected chi connectivity index (χ1v) is 8.60. The minimum atomic E-state index is -1.02. The lowest BCUT2D eigenvalue weighted by molar-refractivity contribution is -0.123. The standard InChI is InChI=1S/C20H18N2O6/c1-3-26-19(24)13-4-7-15(8-5-13)22-18(23)12(2)28-20(25)14-6-9-17-16(10-14)21-11-27-17/h4-12H,3H2,1-2H3,(H,22,23). The third-order valence-electron chi connectivity index (χ3n) is 3.88. The maximum atomic E-state index is 12.3. The van der Waals surface area contributed by atoms with Crippen molar-refractivity contribution in [2.24, 2.45) is 0 Å². The van der Waals surface area contributed by atoms with Gasteiger partial charge in [0.25, 0.3) is 5.91 Å². The van der Waals surface area contributed by atoms with Gasteiger partial charge in [-0.15, -0.1) is 0 Å². The number of hydrogen-bond acceptors (Lipinski definition) is 7. The molecule has 0 aliphatic rings. The quantitative estimate of drug-likeness (QED) is 0.652. The number of aromatic nitrogens is 1. The fraction of sp³-hybridized carbons (Fsp3) is 0.200. The number of fused-ring (bicyclic) bond motifs is 1. The molecule has 0 aliphatic heterocycles. The molecule has 3 aromatic rings. The number of esters is 2.